The molecule has 5 fully saturated rings. The second-order valence-corrected chi connectivity index (χ2v) is 9.40. The molecule has 3 heteroatoms. The van der Waals surface area contributed by atoms with Crippen LogP contribution in [0.5, 0.6) is 0 Å². The Hall–Kier alpha value is -0.700. The lowest BCUT2D eigenvalue weighted by atomic mass is 9.41. The monoisotopic (exact) mass is 316 g/mol. The topological polar surface area (TPSA) is 43.4 Å². The molecule has 126 valence electrons. The first-order valence-electron chi connectivity index (χ1n) is 9.71. The molecule has 7 atom stereocenters. The molecular weight excluding hydrogens is 288 g/mol. The normalized spacial score (nSPS) is 53.7. The highest BCUT2D eigenvalue weighted by atomic mass is 16.5. The molecule has 0 amide bonds. The van der Waals surface area contributed by atoms with Crippen molar-refractivity contribution < 1.29 is 14.3 Å². The summed E-state index contributed by atoms with van der Waals surface area (Å²) >= 11 is 0. The van der Waals surface area contributed by atoms with Crippen LogP contribution in [0.2, 0.25) is 0 Å². The van der Waals surface area contributed by atoms with Gasteiger partial charge in [0.25, 0.3) is 0 Å². The third kappa shape index (κ3) is 1.61. The summed E-state index contributed by atoms with van der Waals surface area (Å²) in [4.78, 5) is 26.3. The van der Waals surface area contributed by atoms with Crippen LogP contribution >= 0.6 is 0 Å². The predicted molar refractivity (Wildman–Crippen MR) is 85.8 cm³/mol. The number of carbonyl (C=O) groups excluding carboxylic acids is 2. The minimum Gasteiger partial charge on any atom is -0.371 e. The summed E-state index contributed by atoms with van der Waals surface area (Å²) in [6.07, 6.45) is 8.21. The Balaban J connectivity index is 1.68. The SMILES string of the molecule is CC1(C)O[C@@H]2CC[C@H]3CC[C@@H]4[C@@H]5C(=O)CCC[C@@H]5C[C@@H]1[C@]42C3=O. The summed E-state index contributed by atoms with van der Waals surface area (Å²) in [6.45, 7) is 4.40. The molecule has 0 radical (unpaired) electrons. The van der Waals surface area contributed by atoms with Crippen LogP contribution in [0.1, 0.15) is 65.2 Å². The van der Waals surface area contributed by atoms with Crippen LogP contribution in [0, 0.1) is 35.0 Å². The fourth-order valence-corrected chi connectivity index (χ4v) is 7.61. The van der Waals surface area contributed by atoms with Crippen LogP contribution in [0.3, 0.4) is 0 Å². The van der Waals surface area contributed by atoms with Gasteiger partial charge in [-0.2, -0.15) is 0 Å². The lowest BCUT2D eigenvalue weighted by Gasteiger charge is -2.60. The van der Waals surface area contributed by atoms with E-state index in [0.29, 0.717) is 23.4 Å². The molecule has 1 heterocycles. The summed E-state index contributed by atoms with van der Waals surface area (Å²) in [7, 11) is 0. The van der Waals surface area contributed by atoms with Gasteiger partial charge in [0.15, 0.2) is 0 Å². The molecule has 0 unspecified atom stereocenters. The number of carbonyl (C=O) groups is 2. The highest BCUT2D eigenvalue weighted by molar-refractivity contribution is 5.92. The molecule has 0 aromatic carbocycles. The number of ketones is 2. The van der Waals surface area contributed by atoms with Crippen LogP contribution < -0.4 is 0 Å². The second-order valence-electron chi connectivity index (χ2n) is 9.40. The molecule has 5 aliphatic rings. The van der Waals surface area contributed by atoms with E-state index in [-0.39, 0.29) is 34.9 Å². The van der Waals surface area contributed by atoms with Crippen LogP contribution in [0.15, 0.2) is 0 Å². The molecule has 3 nitrogen and oxygen atoms in total. The third-order valence-corrected chi connectivity index (χ3v) is 8.26. The van der Waals surface area contributed by atoms with Gasteiger partial charge < -0.3 is 4.74 Å². The van der Waals surface area contributed by atoms with Crippen molar-refractivity contribution in [3.63, 3.8) is 0 Å². The maximum atomic E-state index is 13.5. The average Bonchev–Trinajstić information content (AvgIpc) is 2.73. The summed E-state index contributed by atoms with van der Waals surface area (Å²) in [5.41, 5.74) is -0.533. The van der Waals surface area contributed by atoms with Crippen molar-refractivity contribution in [2.75, 3.05) is 0 Å². The Morgan fingerprint density at radius 3 is 2.65 bits per heavy atom. The van der Waals surface area contributed by atoms with E-state index in [4.69, 9.17) is 4.74 Å². The summed E-state index contributed by atoms with van der Waals surface area (Å²) in [5.74, 6) is 2.45. The molecule has 1 aliphatic heterocycles. The molecule has 0 aromatic rings. The van der Waals surface area contributed by atoms with Gasteiger partial charge in [-0.25, -0.2) is 0 Å². The van der Waals surface area contributed by atoms with Crippen LogP contribution in [0.25, 0.3) is 0 Å². The number of ether oxygens (including phenoxy) is 1. The van der Waals surface area contributed by atoms with Crippen LogP contribution in [0.4, 0.5) is 0 Å². The largest absolute Gasteiger partial charge is 0.371 e. The van der Waals surface area contributed by atoms with Gasteiger partial charge in [-0.05, 0) is 70.6 Å². The third-order valence-electron chi connectivity index (χ3n) is 8.26. The molecule has 4 saturated carbocycles. The molecule has 1 saturated heterocycles. The van der Waals surface area contributed by atoms with Gasteiger partial charge >= 0.3 is 0 Å². The Kier molecular flexibility index (Phi) is 2.84. The van der Waals surface area contributed by atoms with Crippen molar-refractivity contribution in [1.82, 2.24) is 0 Å². The summed E-state index contributed by atoms with van der Waals surface area (Å²) < 4.78 is 6.52. The van der Waals surface area contributed by atoms with Gasteiger partial charge in [0.05, 0.1) is 17.1 Å². The maximum absolute atomic E-state index is 13.5. The van der Waals surface area contributed by atoms with Gasteiger partial charge in [0, 0.05) is 24.2 Å². The standard InChI is InChI=1S/C20H28O3/c1-19(2)15-10-12-4-3-5-14(21)17(12)13-8-6-11-7-9-16(23-19)20(13,15)18(11)22/h11-13,15-17H,3-10H2,1-2H3/t11-,12-,13-,15+,16-,17-,20-/m1/s1. The lowest BCUT2D eigenvalue weighted by Crippen LogP contribution is -2.64. The van der Waals surface area contributed by atoms with Gasteiger partial charge in [-0.15, -0.1) is 0 Å². The second kappa shape index (κ2) is 4.47. The number of hydrogen-bond donors (Lipinski definition) is 0. The molecular formula is C20H28O3. The van der Waals surface area contributed by atoms with Crippen molar-refractivity contribution in [3.8, 4) is 0 Å². The molecule has 1 spiro atoms. The van der Waals surface area contributed by atoms with Crippen molar-refractivity contribution in [1.29, 1.82) is 0 Å². The molecule has 23 heavy (non-hydrogen) atoms. The first kappa shape index (κ1) is 14.6. The summed E-state index contributed by atoms with van der Waals surface area (Å²) in [6, 6.07) is 0. The zero-order valence-electron chi connectivity index (χ0n) is 14.3. The minimum absolute atomic E-state index is 0.0761. The number of hydrogen-bond acceptors (Lipinski definition) is 3. The van der Waals surface area contributed by atoms with Gasteiger partial charge in [-0.3, -0.25) is 9.59 Å². The fraction of sp³-hybridized carbons (Fsp3) is 0.900. The van der Waals surface area contributed by atoms with Crippen LogP contribution in [-0.2, 0) is 14.3 Å². The van der Waals surface area contributed by atoms with E-state index in [2.05, 4.69) is 13.8 Å². The zero-order chi connectivity index (χ0) is 16.0. The van der Waals surface area contributed by atoms with Crippen LogP contribution in [-0.4, -0.2) is 23.3 Å². The number of Topliss-reactive ketones (excluding diaryl/α,β-unsaturated/α-hetero) is 2. The lowest BCUT2D eigenvalue weighted by molar-refractivity contribution is -0.172. The molecule has 4 aliphatic carbocycles. The Morgan fingerprint density at radius 2 is 1.83 bits per heavy atom. The zero-order valence-corrected chi connectivity index (χ0v) is 14.3. The average molecular weight is 316 g/mol. The Bertz CT molecular complexity index is 579. The first-order valence-corrected chi connectivity index (χ1v) is 9.71. The predicted octanol–water partition coefficient (Wildman–Crippen LogP) is 3.54. The highest BCUT2D eigenvalue weighted by Gasteiger charge is 2.73. The first-order chi connectivity index (χ1) is 11.0. The van der Waals surface area contributed by atoms with Crippen molar-refractivity contribution in [2.24, 2.45) is 35.0 Å². The van der Waals surface area contributed by atoms with E-state index in [1.54, 1.807) is 0 Å². The van der Waals surface area contributed by atoms with E-state index in [1.807, 2.05) is 0 Å². The highest BCUT2D eigenvalue weighted by Crippen LogP contribution is 2.69. The van der Waals surface area contributed by atoms with Crippen molar-refractivity contribution in [3.05, 3.63) is 0 Å². The van der Waals surface area contributed by atoms with Gasteiger partial charge in [-0.1, -0.05) is 0 Å². The minimum atomic E-state index is -0.321. The Morgan fingerprint density at radius 1 is 1.04 bits per heavy atom. The molecule has 0 aromatic heterocycles. The molecule has 5 rings (SSSR count). The van der Waals surface area contributed by atoms with E-state index >= 15 is 0 Å². The van der Waals surface area contributed by atoms with Gasteiger partial charge in [0.2, 0.25) is 0 Å². The van der Waals surface area contributed by atoms with E-state index in [0.717, 1.165) is 44.9 Å². The number of rotatable bonds is 0. The van der Waals surface area contributed by atoms with Crippen molar-refractivity contribution >= 4 is 11.6 Å². The van der Waals surface area contributed by atoms with E-state index in [1.165, 1.54) is 6.42 Å². The van der Waals surface area contributed by atoms with E-state index in [9.17, 15) is 9.59 Å². The molecule has 2 bridgehead atoms. The quantitative estimate of drug-likeness (QED) is 0.686. The summed E-state index contributed by atoms with van der Waals surface area (Å²) in [5, 5.41) is 0. The van der Waals surface area contributed by atoms with Gasteiger partial charge in [0.1, 0.15) is 11.6 Å². The maximum Gasteiger partial charge on any atom is 0.145 e. The number of fused-ring (bicyclic) bond motifs is 3. The Labute approximate surface area is 138 Å². The fourth-order valence-electron chi connectivity index (χ4n) is 7.61. The van der Waals surface area contributed by atoms with E-state index < -0.39 is 0 Å². The smallest absolute Gasteiger partial charge is 0.145 e. The molecule has 0 N–H and O–H groups in total. The van der Waals surface area contributed by atoms with Crippen molar-refractivity contribution in [2.45, 2.75) is 76.9 Å².